The average molecular weight is 251 g/mol. The Morgan fingerprint density at radius 1 is 1.28 bits per heavy atom. The van der Waals surface area contributed by atoms with E-state index in [2.05, 4.69) is 5.32 Å². The minimum atomic E-state index is -0.820. The van der Waals surface area contributed by atoms with E-state index in [-0.39, 0.29) is 6.42 Å². The Bertz CT molecular complexity index is 385. The Kier molecular flexibility index (Phi) is 5.31. The summed E-state index contributed by atoms with van der Waals surface area (Å²) in [4.78, 5) is 10.5. The van der Waals surface area contributed by atoms with Crippen LogP contribution in [0.3, 0.4) is 0 Å². The maximum atomic E-state index is 10.5. The lowest BCUT2D eigenvalue weighted by atomic mass is 10.0. The Labute approximate surface area is 108 Å². The van der Waals surface area contributed by atoms with Gasteiger partial charge in [-0.2, -0.15) is 0 Å². The van der Waals surface area contributed by atoms with Crippen LogP contribution in [0.4, 0.5) is 0 Å². The van der Waals surface area contributed by atoms with Gasteiger partial charge in [0.15, 0.2) is 0 Å². The number of carbonyl (C=O) groups is 1. The predicted molar refractivity (Wildman–Crippen MR) is 70.4 cm³/mol. The fourth-order valence-electron chi connectivity index (χ4n) is 1.55. The van der Waals surface area contributed by atoms with E-state index in [4.69, 9.17) is 5.11 Å². The Hall–Kier alpha value is -1.39. The molecule has 4 nitrogen and oxygen atoms in total. The standard InChI is InChI=1S/C14H21NO3/c1-3-14(2,18)10-15-9-12-6-4-11(5-7-12)8-13(16)17/h4-7,15,18H,3,8-10H2,1-2H3,(H,16,17). The summed E-state index contributed by atoms with van der Waals surface area (Å²) in [7, 11) is 0. The van der Waals surface area contributed by atoms with Gasteiger partial charge in [0, 0.05) is 13.1 Å². The molecule has 0 aromatic heterocycles. The van der Waals surface area contributed by atoms with Gasteiger partial charge in [-0.25, -0.2) is 0 Å². The third-order valence-electron chi connectivity index (χ3n) is 2.97. The van der Waals surface area contributed by atoms with Crippen molar-refractivity contribution in [2.24, 2.45) is 0 Å². The fourth-order valence-corrected chi connectivity index (χ4v) is 1.55. The van der Waals surface area contributed by atoms with Crippen LogP contribution in [-0.4, -0.2) is 28.3 Å². The molecule has 0 saturated carbocycles. The molecule has 0 aliphatic heterocycles. The van der Waals surface area contributed by atoms with E-state index in [9.17, 15) is 9.90 Å². The van der Waals surface area contributed by atoms with Gasteiger partial charge in [-0.05, 0) is 24.5 Å². The SMILES string of the molecule is CCC(C)(O)CNCc1ccc(CC(=O)O)cc1. The molecule has 4 heteroatoms. The van der Waals surface area contributed by atoms with Crippen molar-refractivity contribution in [2.45, 2.75) is 38.8 Å². The summed E-state index contributed by atoms with van der Waals surface area (Å²) >= 11 is 0. The highest BCUT2D eigenvalue weighted by molar-refractivity contribution is 5.70. The first-order valence-corrected chi connectivity index (χ1v) is 6.15. The molecule has 1 rings (SSSR count). The smallest absolute Gasteiger partial charge is 0.307 e. The van der Waals surface area contributed by atoms with Crippen molar-refractivity contribution in [3.05, 3.63) is 35.4 Å². The van der Waals surface area contributed by atoms with Gasteiger partial charge in [0.2, 0.25) is 0 Å². The monoisotopic (exact) mass is 251 g/mol. The van der Waals surface area contributed by atoms with Crippen LogP contribution < -0.4 is 5.32 Å². The number of rotatable bonds is 7. The number of carboxylic acids is 1. The number of hydrogen-bond acceptors (Lipinski definition) is 3. The zero-order valence-electron chi connectivity index (χ0n) is 10.9. The van der Waals surface area contributed by atoms with E-state index >= 15 is 0 Å². The molecular formula is C14H21NO3. The van der Waals surface area contributed by atoms with Gasteiger partial charge >= 0.3 is 5.97 Å². The van der Waals surface area contributed by atoms with E-state index in [1.165, 1.54) is 0 Å². The summed E-state index contributed by atoms with van der Waals surface area (Å²) in [5.74, 6) is -0.820. The van der Waals surface area contributed by atoms with Crippen molar-refractivity contribution >= 4 is 5.97 Å². The van der Waals surface area contributed by atoms with Gasteiger partial charge in [-0.15, -0.1) is 0 Å². The number of aliphatic hydroxyl groups is 1. The topological polar surface area (TPSA) is 69.6 Å². The van der Waals surface area contributed by atoms with Crippen molar-refractivity contribution < 1.29 is 15.0 Å². The van der Waals surface area contributed by atoms with Crippen LogP contribution >= 0.6 is 0 Å². The highest BCUT2D eigenvalue weighted by atomic mass is 16.4. The zero-order valence-corrected chi connectivity index (χ0v) is 10.9. The van der Waals surface area contributed by atoms with Crippen LogP contribution in [0.25, 0.3) is 0 Å². The maximum Gasteiger partial charge on any atom is 0.307 e. The lowest BCUT2D eigenvalue weighted by Crippen LogP contribution is -2.36. The molecule has 1 unspecified atom stereocenters. The van der Waals surface area contributed by atoms with Crippen LogP contribution in [0, 0.1) is 0 Å². The first-order chi connectivity index (χ1) is 8.43. The molecule has 0 heterocycles. The summed E-state index contributed by atoms with van der Waals surface area (Å²) in [6.45, 7) is 4.96. The van der Waals surface area contributed by atoms with Gasteiger partial charge in [0.05, 0.1) is 12.0 Å². The summed E-state index contributed by atoms with van der Waals surface area (Å²) < 4.78 is 0. The normalized spacial score (nSPS) is 14.2. The lowest BCUT2D eigenvalue weighted by molar-refractivity contribution is -0.136. The Morgan fingerprint density at radius 3 is 2.33 bits per heavy atom. The number of hydrogen-bond donors (Lipinski definition) is 3. The lowest BCUT2D eigenvalue weighted by Gasteiger charge is -2.21. The molecule has 0 spiro atoms. The molecule has 0 aliphatic rings. The van der Waals surface area contributed by atoms with Gasteiger partial charge in [-0.1, -0.05) is 31.2 Å². The number of nitrogens with one attached hydrogen (secondary N) is 1. The van der Waals surface area contributed by atoms with Crippen molar-refractivity contribution in [3.8, 4) is 0 Å². The van der Waals surface area contributed by atoms with E-state index in [1.54, 1.807) is 6.92 Å². The molecule has 0 amide bonds. The maximum absolute atomic E-state index is 10.5. The van der Waals surface area contributed by atoms with Crippen molar-refractivity contribution in [1.29, 1.82) is 0 Å². The molecular weight excluding hydrogens is 230 g/mol. The minimum Gasteiger partial charge on any atom is -0.481 e. The molecule has 1 atom stereocenters. The Morgan fingerprint density at radius 2 is 1.83 bits per heavy atom. The molecule has 0 bridgehead atoms. The van der Waals surface area contributed by atoms with Crippen molar-refractivity contribution in [3.63, 3.8) is 0 Å². The number of carboxylic acid groups (broad SMARTS) is 1. The highest BCUT2D eigenvalue weighted by Gasteiger charge is 2.16. The molecule has 100 valence electrons. The van der Waals surface area contributed by atoms with Crippen LogP contribution in [0.5, 0.6) is 0 Å². The molecule has 0 radical (unpaired) electrons. The number of aliphatic carboxylic acids is 1. The summed E-state index contributed by atoms with van der Waals surface area (Å²) in [5, 5.41) is 21.7. The van der Waals surface area contributed by atoms with Crippen LogP contribution in [-0.2, 0) is 17.8 Å². The van der Waals surface area contributed by atoms with Gasteiger partial charge in [0.25, 0.3) is 0 Å². The molecule has 1 aromatic carbocycles. The molecule has 0 fully saturated rings. The van der Waals surface area contributed by atoms with Gasteiger partial charge < -0.3 is 15.5 Å². The molecule has 18 heavy (non-hydrogen) atoms. The fraction of sp³-hybridized carbons (Fsp3) is 0.500. The molecule has 0 aliphatic carbocycles. The third kappa shape index (κ3) is 5.29. The summed E-state index contributed by atoms with van der Waals surface area (Å²) in [6, 6.07) is 7.46. The van der Waals surface area contributed by atoms with Crippen LogP contribution in [0.15, 0.2) is 24.3 Å². The van der Waals surface area contributed by atoms with Gasteiger partial charge in [-0.3, -0.25) is 4.79 Å². The first-order valence-electron chi connectivity index (χ1n) is 6.15. The molecule has 3 N–H and O–H groups in total. The zero-order chi connectivity index (χ0) is 13.6. The van der Waals surface area contributed by atoms with Crippen molar-refractivity contribution in [2.75, 3.05) is 6.54 Å². The van der Waals surface area contributed by atoms with Gasteiger partial charge in [0.1, 0.15) is 0 Å². The van der Waals surface area contributed by atoms with E-state index in [1.807, 2.05) is 31.2 Å². The van der Waals surface area contributed by atoms with Crippen molar-refractivity contribution in [1.82, 2.24) is 5.32 Å². The molecule has 1 aromatic rings. The van der Waals surface area contributed by atoms with E-state index in [0.29, 0.717) is 19.5 Å². The second-order valence-electron chi connectivity index (χ2n) is 4.84. The quantitative estimate of drug-likeness (QED) is 0.688. The third-order valence-corrected chi connectivity index (χ3v) is 2.97. The first kappa shape index (κ1) is 14.7. The number of benzene rings is 1. The molecule has 0 saturated heterocycles. The summed E-state index contributed by atoms with van der Waals surface area (Å²) in [5.41, 5.74) is 1.20. The van der Waals surface area contributed by atoms with E-state index < -0.39 is 11.6 Å². The second kappa shape index (κ2) is 6.52. The highest BCUT2D eigenvalue weighted by Crippen LogP contribution is 2.08. The summed E-state index contributed by atoms with van der Waals surface area (Å²) in [6.07, 6.45) is 0.760. The minimum absolute atomic E-state index is 0.0538. The van der Waals surface area contributed by atoms with E-state index in [0.717, 1.165) is 11.1 Å². The van der Waals surface area contributed by atoms with Crippen LogP contribution in [0.1, 0.15) is 31.4 Å². The Balaban J connectivity index is 2.42. The van der Waals surface area contributed by atoms with Crippen LogP contribution in [0.2, 0.25) is 0 Å². The average Bonchev–Trinajstić information content (AvgIpc) is 2.30. The predicted octanol–water partition coefficient (Wildman–Crippen LogP) is 1.56. The largest absolute Gasteiger partial charge is 0.481 e. The second-order valence-corrected chi connectivity index (χ2v) is 4.84.